The van der Waals surface area contributed by atoms with Crippen molar-refractivity contribution in [2.24, 2.45) is 0 Å². The minimum atomic E-state index is -0.726. The molecule has 24 heavy (non-hydrogen) atoms. The molecule has 0 aliphatic carbocycles. The van der Waals surface area contributed by atoms with Crippen molar-refractivity contribution >= 4 is 5.97 Å². The van der Waals surface area contributed by atoms with Gasteiger partial charge in [0.05, 0.1) is 0 Å². The molecule has 0 saturated heterocycles. The molecule has 136 valence electrons. The Labute approximate surface area is 148 Å². The number of hydrogen-bond donors (Lipinski definition) is 2. The number of carboxylic acids is 1. The Bertz CT molecular complexity index is 408. The average molecular weight is 334 g/mol. The van der Waals surface area contributed by atoms with Crippen molar-refractivity contribution in [3.8, 4) is 0 Å². The van der Waals surface area contributed by atoms with Crippen molar-refractivity contribution in [1.82, 2.24) is 5.32 Å². The monoisotopic (exact) mass is 333 g/mol. The fraction of sp³-hybridized carbons (Fsp3) is 0.571. The molecule has 0 heterocycles. The molecule has 0 radical (unpaired) electrons. The maximum absolute atomic E-state index is 10.5. The number of unbranched alkanes of at least 4 members (excludes halogenated alkanes) is 3. The molecule has 0 spiro atoms. The van der Waals surface area contributed by atoms with Crippen LogP contribution in [-0.4, -0.2) is 24.2 Å². The van der Waals surface area contributed by atoms with Crippen LogP contribution in [0.1, 0.15) is 64.7 Å². The number of rotatable bonds is 15. The number of nitrogens with one attached hydrogen (secondary N) is 1. The summed E-state index contributed by atoms with van der Waals surface area (Å²) < 4.78 is 0. The lowest BCUT2D eigenvalue weighted by atomic mass is 10.1. The Morgan fingerprint density at radius 2 is 1.71 bits per heavy atom. The van der Waals surface area contributed by atoms with Gasteiger partial charge in [-0.15, -0.1) is 0 Å². The standard InChI is InChI=1S/C21H35NO2/c1-3-4-5-6-7-8-9-10-11-12-13-14-15-17-20(22-2)18-16-19-21(23)24/h7-8,10-11,13-15,17,20,22H,3-6,9,12,16,18-19H2,1-2H3,(H,23,24)/b8-7-,11-10-,14-13-,17-15+. The zero-order valence-electron chi connectivity index (χ0n) is 15.4. The van der Waals surface area contributed by atoms with Crippen molar-refractivity contribution in [3.05, 3.63) is 48.6 Å². The summed E-state index contributed by atoms with van der Waals surface area (Å²) in [5, 5.41) is 11.8. The Morgan fingerprint density at radius 1 is 1.00 bits per heavy atom. The second-order valence-corrected chi connectivity index (χ2v) is 5.90. The molecule has 0 aromatic heterocycles. The lowest BCUT2D eigenvalue weighted by Crippen LogP contribution is -2.22. The lowest BCUT2D eigenvalue weighted by Gasteiger charge is -2.09. The number of allylic oxidation sites excluding steroid dienone is 7. The SMILES string of the molecule is CCCCC/C=C\C/C=C\C/C=C\C=C\C(CCCC(=O)O)NC. The fourth-order valence-corrected chi connectivity index (χ4v) is 2.24. The minimum Gasteiger partial charge on any atom is -0.481 e. The molecule has 3 nitrogen and oxygen atoms in total. The minimum absolute atomic E-state index is 0.236. The summed E-state index contributed by atoms with van der Waals surface area (Å²) in [4.78, 5) is 10.5. The number of carbonyl (C=O) groups is 1. The van der Waals surface area contributed by atoms with E-state index in [0.29, 0.717) is 6.42 Å². The van der Waals surface area contributed by atoms with E-state index in [1.807, 2.05) is 19.2 Å². The van der Waals surface area contributed by atoms with Crippen LogP contribution < -0.4 is 5.32 Å². The van der Waals surface area contributed by atoms with Gasteiger partial charge in [-0.2, -0.15) is 0 Å². The first kappa shape index (κ1) is 22.4. The van der Waals surface area contributed by atoms with Crippen LogP contribution in [-0.2, 0) is 4.79 Å². The van der Waals surface area contributed by atoms with Gasteiger partial charge in [0.2, 0.25) is 0 Å². The molecule has 0 aromatic rings. The van der Waals surface area contributed by atoms with Gasteiger partial charge < -0.3 is 10.4 Å². The van der Waals surface area contributed by atoms with Crippen LogP contribution in [0.3, 0.4) is 0 Å². The topological polar surface area (TPSA) is 49.3 Å². The lowest BCUT2D eigenvalue weighted by molar-refractivity contribution is -0.137. The molecular weight excluding hydrogens is 298 g/mol. The van der Waals surface area contributed by atoms with Crippen LogP contribution in [0.15, 0.2) is 48.6 Å². The van der Waals surface area contributed by atoms with Crippen LogP contribution in [0.25, 0.3) is 0 Å². The number of likely N-dealkylation sites (N-methyl/N-ethyl adjacent to an activating group) is 1. The summed E-state index contributed by atoms with van der Waals surface area (Å²) in [6, 6.07) is 0.238. The first-order chi connectivity index (χ1) is 11.7. The molecule has 0 bridgehead atoms. The molecule has 0 fully saturated rings. The molecule has 1 atom stereocenters. The summed E-state index contributed by atoms with van der Waals surface area (Å²) in [6.45, 7) is 2.23. The quantitative estimate of drug-likeness (QED) is 0.239. The molecule has 0 aromatic carbocycles. The first-order valence-corrected chi connectivity index (χ1v) is 9.23. The van der Waals surface area contributed by atoms with Crippen LogP contribution in [0.2, 0.25) is 0 Å². The zero-order valence-corrected chi connectivity index (χ0v) is 15.4. The van der Waals surface area contributed by atoms with Gasteiger partial charge in [-0.3, -0.25) is 4.79 Å². The van der Waals surface area contributed by atoms with Gasteiger partial charge in [-0.05, 0) is 45.6 Å². The second kappa shape index (κ2) is 17.7. The fourth-order valence-electron chi connectivity index (χ4n) is 2.24. The van der Waals surface area contributed by atoms with Crippen LogP contribution in [0, 0.1) is 0 Å². The van der Waals surface area contributed by atoms with E-state index in [1.165, 1.54) is 25.7 Å². The second-order valence-electron chi connectivity index (χ2n) is 5.90. The molecule has 0 aliphatic rings. The third-order valence-electron chi connectivity index (χ3n) is 3.72. The van der Waals surface area contributed by atoms with E-state index in [0.717, 1.165) is 19.3 Å². The van der Waals surface area contributed by atoms with Crippen molar-refractivity contribution in [3.63, 3.8) is 0 Å². The average Bonchev–Trinajstić information content (AvgIpc) is 2.57. The Kier molecular flexibility index (Phi) is 16.5. The van der Waals surface area contributed by atoms with Crippen molar-refractivity contribution in [2.75, 3.05) is 7.05 Å². The van der Waals surface area contributed by atoms with E-state index in [1.54, 1.807) is 0 Å². The third-order valence-corrected chi connectivity index (χ3v) is 3.72. The van der Waals surface area contributed by atoms with Crippen LogP contribution in [0.5, 0.6) is 0 Å². The Hall–Kier alpha value is -1.61. The summed E-state index contributed by atoms with van der Waals surface area (Å²) in [7, 11) is 1.90. The number of carboxylic acid groups (broad SMARTS) is 1. The molecule has 1 unspecified atom stereocenters. The van der Waals surface area contributed by atoms with Gasteiger partial charge in [0, 0.05) is 12.5 Å². The summed E-state index contributed by atoms with van der Waals surface area (Å²) in [5.41, 5.74) is 0. The number of aliphatic carboxylic acids is 1. The molecule has 0 amide bonds. The Morgan fingerprint density at radius 3 is 2.38 bits per heavy atom. The van der Waals surface area contributed by atoms with Crippen LogP contribution >= 0.6 is 0 Å². The van der Waals surface area contributed by atoms with E-state index >= 15 is 0 Å². The largest absolute Gasteiger partial charge is 0.481 e. The molecule has 2 N–H and O–H groups in total. The highest BCUT2D eigenvalue weighted by molar-refractivity contribution is 5.66. The zero-order chi connectivity index (χ0) is 17.9. The summed E-state index contributed by atoms with van der Waals surface area (Å²) >= 11 is 0. The predicted molar refractivity (Wildman–Crippen MR) is 104 cm³/mol. The smallest absolute Gasteiger partial charge is 0.303 e. The van der Waals surface area contributed by atoms with Gasteiger partial charge in [-0.1, -0.05) is 68.4 Å². The molecule has 3 heteroatoms. The molecule has 0 saturated carbocycles. The van der Waals surface area contributed by atoms with E-state index in [9.17, 15) is 4.79 Å². The van der Waals surface area contributed by atoms with Crippen molar-refractivity contribution < 1.29 is 9.90 Å². The first-order valence-electron chi connectivity index (χ1n) is 9.23. The maximum Gasteiger partial charge on any atom is 0.303 e. The van der Waals surface area contributed by atoms with Gasteiger partial charge in [-0.25, -0.2) is 0 Å². The summed E-state index contributed by atoms with van der Waals surface area (Å²) in [6.07, 6.45) is 26.0. The van der Waals surface area contributed by atoms with Crippen LogP contribution in [0.4, 0.5) is 0 Å². The molecular formula is C21H35NO2. The highest BCUT2D eigenvalue weighted by Gasteiger charge is 2.02. The number of hydrogen-bond acceptors (Lipinski definition) is 2. The summed E-state index contributed by atoms with van der Waals surface area (Å²) in [5.74, 6) is -0.726. The van der Waals surface area contributed by atoms with E-state index in [2.05, 4.69) is 48.7 Å². The van der Waals surface area contributed by atoms with E-state index in [-0.39, 0.29) is 12.5 Å². The maximum atomic E-state index is 10.5. The highest BCUT2D eigenvalue weighted by Crippen LogP contribution is 2.03. The van der Waals surface area contributed by atoms with Crippen molar-refractivity contribution in [2.45, 2.75) is 70.8 Å². The third kappa shape index (κ3) is 16.8. The van der Waals surface area contributed by atoms with E-state index in [4.69, 9.17) is 5.11 Å². The highest BCUT2D eigenvalue weighted by atomic mass is 16.4. The molecule has 0 rings (SSSR count). The molecule has 0 aliphatic heterocycles. The van der Waals surface area contributed by atoms with Crippen molar-refractivity contribution in [1.29, 1.82) is 0 Å². The van der Waals surface area contributed by atoms with Gasteiger partial charge in [0.15, 0.2) is 0 Å². The Balaban J connectivity index is 3.74. The van der Waals surface area contributed by atoms with E-state index < -0.39 is 5.97 Å². The van der Waals surface area contributed by atoms with Gasteiger partial charge >= 0.3 is 5.97 Å². The normalized spacial score (nSPS) is 13.8. The van der Waals surface area contributed by atoms with Gasteiger partial charge in [0.25, 0.3) is 0 Å². The predicted octanol–water partition coefficient (Wildman–Crippen LogP) is 5.41. The van der Waals surface area contributed by atoms with Gasteiger partial charge in [0.1, 0.15) is 0 Å².